The van der Waals surface area contributed by atoms with E-state index in [4.69, 9.17) is 4.84 Å². The molecule has 3 rings (SSSR count). The standard InChI is InChI=1S/C16H14BrNO3/c1-16(2,3)21-18-14(19)10-6-4-5-9-12(17)8-7-11(13(9)10)15(18)20/h4-8H,1-3H3. The van der Waals surface area contributed by atoms with Crippen LogP contribution in [0.15, 0.2) is 34.8 Å². The minimum Gasteiger partial charge on any atom is -0.266 e. The molecular formula is C16H14BrNO3. The van der Waals surface area contributed by atoms with Gasteiger partial charge in [-0.2, -0.15) is 0 Å². The normalized spacial score (nSPS) is 15.0. The Kier molecular flexibility index (Phi) is 3.15. The van der Waals surface area contributed by atoms with Crippen LogP contribution in [0.3, 0.4) is 0 Å². The van der Waals surface area contributed by atoms with E-state index in [2.05, 4.69) is 15.9 Å². The molecule has 21 heavy (non-hydrogen) atoms. The van der Waals surface area contributed by atoms with Crippen molar-refractivity contribution in [2.45, 2.75) is 26.4 Å². The second-order valence-electron chi connectivity index (χ2n) is 5.93. The minimum atomic E-state index is -0.633. The second kappa shape index (κ2) is 4.64. The van der Waals surface area contributed by atoms with Gasteiger partial charge in [-0.3, -0.25) is 14.4 Å². The molecule has 0 unspecified atom stereocenters. The molecule has 4 nitrogen and oxygen atoms in total. The van der Waals surface area contributed by atoms with E-state index in [-0.39, 0.29) is 0 Å². The van der Waals surface area contributed by atoms with Crippen molar-refractivity contribution >= 4 is 38.5 Å². The molecule has 0 radical (unpaired) electrons. The number of amides is 2. The summed E-state index contributed by atoms with van der Waals surface area (Å²) in [5.41, 5.74) is 0.326. The minimum absolute atomic E-state index is 0.425. The van der Waals surface area contributed by atoms with Crippen molar-refractivity contribution in [3.63, 3.8) is 0 Å². The highest BCUT2D eigenvalue weighted by Crippen LogP contribution is 2.35. The molecule has 2 amide bonds. The Morgan fingerprint density at radius 3 is 2.24 bits per heavy atom. The number of benzene rings is 2. The van der Waals surface area contributed by atoms with E-state index in [1.54, 1.807) is 39.0 Å². The summed E-state index contributed by atoms with van der Waals surface area (Å²) in [6.07, 6.45) is 0. The lowest BCUT2D eigenvalue weighted by Crippen LogP contribution is -2.44. The molecule has 2 aromatic rings. The SMILES string of the molecule is CC(C)(C)ON1C(=O)c2cccc3c(Br)ccc(c23)C1=O. The van der Waals surface area contributed by atoms with Crippen LogP contribution in [0.5, 0.6) is 0 Å². The summed E-state index contributed by atoms with van der Waals surface area (Å²) < 4.78 is 0.855. The van der Waals surface area contributed by atoms with Gasteiger partial charge in [0.15, 0.2) is 0 Å². The van der Waals surface area contributed by atoms with Crippen LogP contribution >= 0.6 is 15.9 Å². The van der Waals surface area contributed by atoms with Crippen molar-refractivity contribution in [3.8, 4) is 0 Å². The van der Waals surface area contributed by atoms with Crippen LogP contribution < -0.4 is 0 Å². The Morgan fingerprint density at radius 1 is 1.00 bits per heavy atom. The van der Waals surface area contributed by atoms with Gasteiger partial charge in [0.25, 0.3) is 11.8 Å². The fourth-order valence-corrected chi connectivity index (χ4v) is 2.86. The predicted octanol–water partition coefficient (Wildman–Crippen LogP) is 3.93. The van der Waals surface area contributed by atoms with Gasteiger partial charge < -0.3 is 0 Å². The molecule has 0 aliphatic carbocycles. The zero-order valence-corrected chi connectivity index (χ0v) is 13.5. The van der Waals surface area contributed by atoms with Crippen LogP contribution in [0.4, 0.5) is 0 Å². The second-order valence-corrected chi connectivity index (χ2v) is 6.79. The van der Waals surface area contributed by atoms with Crippen molar-refractivity contribution in [2.24, 2.45) is 0 Å². The molecule has 0 spiro atoms. The highest BCUT2D eigenvalue weighted by molar-refractivity contribution is 9.10. The highest BCUT2D eigenvalue weighted by atomic mass is 79.9. The third kappa shape index (κ3) is 2.26. The van der Waals surface area contributed by atoms with E-state index in [1.807, 2.05) is 12.1 Å². The van der Waals surface area contributed by atoms with Crippen molar-refractivity contribution in [1.82, 2.24) is 5.06 Å². The average molecular weight is 348 g/mol. The third-order valence-corrected chi connectivity index (χ3v) is 3.87. The average Bonchev–Trinajstić information content (AvgIpc) is 2.41. The third-order valence-electron chi connectivity index (χ3n) is 3.18. The maximum absolute atomic E-state index is 12.6. The molecular weight excluding hydrogens is 334 g/mol. The zero-order valence-electron chi connectivity index (χ0n) is 11.9. The number of imide groups is 1. The summed E-state index contributed by atoms with van der Waals surface area (Å²) in [5.74, 6) is -0.850. The topological polar surface area (TPSA) is 46.6 Å². The van der Waals surface area contributed by atoms with E-state index in [0.29, 0.717) is 16.5 Å². The molecule has 108 valence electrons. The number of halogens is 1. The molecule has 0 aromatic heterocycles. The van der Waals surface area contributed by atoms with Gasteiger partial charge in [-0.15, -0.1) is 5.06 Å². The molecule has 2 aromatic carbocycles. The van der Waals surface area contributed by atoms with Gasteiger partial charge in [-0.1, -0.05) is 28.1 Å². The summed E-state index contributed by atoms with van der Waals surface area (Å²) in [6, 6.07) is 8.92. The molecule has 0 N–H and O–H groups in total. The quantitative estimate of drug-likeness (QED) is 0.734. The fraction of sp³-hybridized carbons (Fsp3) is 0.250. The molecule has 0 saturated carbocycles. The zero-order chi connectivity index (χ0) is 15.4. The first-order chi connectivity index (χ1) is 9.79. The molecule has 0 fully saturated rings. The molecule has 1 aliphatic heterocycles. The van der Waals surface area contributed by atoms with Crippen molar-refractivity contribution in [2.75, 3.05) is 0 Å². The number of carbonyl (C=O) groups is 2. The van der Waals surface area contributed by atoms with E-state index in [1.165, 1.54) is 0 Å². The maximum Gasteiger partial charge on any atom is 0.285 e. The number of hydrogen-bond donors (Lipinski definition) is 0. The van der Waals surface area contributed by atoms with Gasteiger partial charge in [0.2, 0.25) is 0 Å². The number of hydrogen-bond acceptors (Lipinski definition) is 3. The molecule has 1 aliphatic rings. The molecule has 0 bridgehead atoms. The first-order valence-electron chi connectivity index (χ1n) is 6.59. The van der Waals surface area contributed by atoms with Gasteiger partial charge >= 0.3 is 0 Å². The van der Waals surface area contributed by atoms with Crippen molar-refractivity contribution < 1.29 is 14.4 Å². The summed E-state index contributed by atoms with van der Waals surface area (Å²) in [7, 11) is 0. The van der Waals surface area contributed by atoms with Crippen LogP contribution in [0.1, 0.15) is 41.5 Å². The Morgan fingerprint density at radius 2 is 1.62 bits per heavy atom. The monoisotopic (exact) mass is 347 g/mol. The van der Waals surface area contributed by atoms with Gasteiger partial charge in [0, 0.05) is 9.86 Å². The Bertz CT molecular complexity index is 755. The highest BCUT2D eigenvalue weighted by Gasteiger charge is 2.36. The van der Waals surface area contributed by atoms with Crippen LogP contribution in [0.2, 0.25) is 0 Å². The van der Waals surface area contributed by atoms with Crippen LogP contribution in [-0.4, -0.2) is 22.5 Å². The lowest BCUT2D eigenvalue weighted by Gasteiger charge is -2.31. The van der Waals surface area contributed by atoms with Crippen molar-refractivity contribution in [3.05, 3.63) is 45.9 Å². The van der Waals surface area contributed by atoms with E-state index >= 15 is 0 Å². The van der Waals surface area contributed by atoms with Crippen LogP contribution in [-0.2, 0) is 4.84 Å². The number of rotatable bonds is 1. The first-order valence-corrected chi connectivity index (χ1v) is 7.38. The van der Waals surface area contributed by atoms with Gasteiger partial charge in [0.1, 0.15) is 0 Å². The van der Waals surface area contributed by atoms with Gasteiger partial charge in [-0.05, 0) is 44.4 Å². The van der Waals surface area contributed by atoms with Crippen LogP contribution in [0.25, 0.3) is 10.8 Å². The predicted molar refractivity (Wildman–Crippen MR) is 83.0 cm³/mol. The number of nitrogens with zero attached hydrogens (tertiary/aromatic N) is 1. The Balaban J connectivity index is 2.25. The lowest BCUT2D eigenvalue weighted by atomic mass is 9.95. The first kappa shape index (κ1) is 14.2. The number of carbonyl (C=O) groups excluding carboxylic acids is 2. The van der Waals surface area contributed by atoms with E-state index in [0.717, 1.165) is 14.9 Å². The lowest BCUT2D eigenvalue weighted by molar-refractivity contribution is -0.168. The Labute approximate surface area is 130 Å². The number of hydroxylamine groups is 2. The van der Waals surface area contributed by atoms with E-state index < -0.39 is 17.4 Å². The van der Waals surface area contributed by atoms with Crippen LogP contribution in [0, 0.1) is 0 Å². The van der Waals surface area contributed by atoms with Crippen molar-refractivity contribution in [1.29, 1.82) is 0 Å². The van der Waals surface area contributed by atoms with Gasteiger partial charge in [-0.25, -0.2) is 0 Å². The van der Waals surface area contributed by atoms with Gasteiger partial charge in [0.05, 0.1) is 16.7 Å². The fourth-order valence-electron chi connectivity index (χ4n) is 2.40. The molecule has 5 heteroatoms. The molecule has 0 atom stereocenters. The summed E-state index contributed by atoms with van der Waals surface area (Å²) in [4.78, 5) is 30.7. The van der Waals surface area contributed by atoms with E-state index in [9.17, 15) is 9.59 Å². The Hall–Kier alpha value is -1.72. The summed E-state index contributed by atoms with van der Waals surface area (Å²) in [5, 5.41) is 2.39. The molecule has 1 heterocycles. The maximum atomic E-state index is 12.6. The summed E-state index contributed by atoms with van der Waals surface area (Å²) >= 11 is 3.45. The summed E-state index contributed by atoms with van der Waals surface area (Å²) in [6.45, 7) is 5.39. The smallest absolute Gasteiger partial charge is 0.266 e. The largest absolute Gasteiger partial charge is 0.285 e. The molecule has 0 saturated heterocycles.